The van der Waals surface area contributed by atoms with E-state index in [0.29, 0.717) is 18.1 Å². The van der Waals surface area contributed by atoms with E-state index in [1.165, 1.54) is 0 Å². The lowest BCUT2D eigenvalue weighted by Crippen LogP contribution is -2.34. The lowest BCUT2D eigenvalue weighted by molar-refractivity contribution is -0.125. The van der Waals surface area contributed by atoms with Crippen molar-refractivity contribution in [2.45, 2.75) is 12.6 Å². The van der Waals surface area contributed by atoms with Crippen LogP contribution in [-0.4, -0.2) is 12.5 Å². The van der Waals surface area contributed by atoms with E-state index in [0.717, 1.165) is 15.6 Å². The van der Waals surface area contributed by atoms with Crippen molar-refractivity contribution in [3.63, 3.8) is 0 Å². The molecule has 2 aromatic carbocycles. The first-order valence-corrected chi connectivity index (χ1v) is 8.56. The summed E-state index contributed by atoms with van der Waals surface area (Å²) >= 11 is 9.46. The predicted octanol–water partition coefficient (Wildman–Crippen LogP) is 3.18. The van der Waals surface area contributed by atoms with Gasteiger partial charge in [0, 0.05) is 22.6 Å². The SMILES string of the molecule is O=C(NCc1ccc(Br)cc1)C1CNNC1c1cccc(Cl)c1. The molecule has 1 amide bonds. The van der Waals surface area contributed by atoms with Crippen LogP contribution in [-0.2, 0) is 11.3 Å². The van der Waals surface area contributed by atoms with Crippen LogP contribution in [0.3, 0.4) is 0 Å². The third-order valence-electron chi connectivity index (χ3n) is 3.91. The Kier molecular flexibility index (Phi) is 5.33. The van der Waals surface area contributed by atoms with Crippen molar-refractivity contribution in [2.75, 3.05) is 6.54 Å². The summed E-state index contributed by atoms with van der Waals surface area (Å²) in [5.74, 6) is -0.153. The smallest absolute Gasteiger partial charge is 0.226 e. The Hall–Kier alpha value is -1.40. The zero-order valence-corrected chi connectivity index (χ0v) is 14.7. The van der Waals surface area contributed by atoms with Crippen molar-refractivity contribution in [1.82, 2.24) is 16.2 Å². The summed E-state index contributed by atoms with van der Waals surface area (Å²) in [4.78, 5) is 12.5. The Morgan fingerprint density at radius 1 is 1.26 bits per heavy atom. The molecule has 6 heteroatoms. The molecule has 4 nitrogen and oxygen atoms in total. The van der Waals surface area contributed by atoms with Gasteiger partial charge in [-0.15, -0.1) is 0 Å². The van der Waals surface area contributed by atoms with E-state index in [2.05, 4.69) is 32.1 Å². The molecular formula is C17H17BrClN3O. The second-order valence-corrected chi connectivity index (χ2v) is 6.86. The lowest BCUT2D eigenvalue weighted by Gasteiger charge is -2.18. The molecule has 3 rings (SSSR count). The van der Waals surface area contributed by atoms with Crippen molar-refractivity contribution in [3.8, 4) is 0 Å². The van der Waals surface area contributed by atoms with Crippen LogP contribution in [0.4, 0.5) is 0 Å². The van der Waals surface area contributed by atoms with Crippen LogP contribution in [0.1, 0.15) is 17.2 Å². The van der Waals surface area contributed by atoms with Gasteiger partial charge in [0.25, 0.3) is 0 Å². The third kappa shape index (κ3) is 4.12. The van der Waals surface area contributed by atoms with Crippen molar-refractivity contribution in [3.05, 3.63) is 69.2 Å². The number of carbonyl (C=O) groups excluding carboxylic acids is 1. The summed E-state index contributed by atoms with van der Waals surface area (Å²) in [6, 6.07) is 15.4. The van der Waals surface area contributed by atoms with Gasteiger partial charge in [-0.1, -0.05) is 51.8 Å². The Morgan fingerprint density at radius 3 is 2.78 bits per heavy atom. The van der Waals surface area contributed by atoms with Crippen LogP contribution in [0, 0.1) is 5.92 Å². The van der Waals surface area contributed by atoms with Gasteiger partial charge in [0.1, 0.15) is 0 Å². The molecule has 0 saturated carbocycles. The maximum Gasteiger partial charge on any atom is 0.226 e. The zero-order valence-electron chi connectivity index (χ0n) is 12.4. The maximum atomic E-state index is 12.5. The minimum atomic E-state index is -0.177. The molecule has 0 spiro atoms. The van der Waals surface area contributed by atoms with Gasteiger partial charge in [-0.2, -0.15) is 0 Å². The first-order chi connectivity index (χ1) is 11.1. The van der Waals surface area contributed by atoms with Crippen LogP contribution in [0.25, 0.3) is 0 Å². The van der Waals surface area contributed by atoms with Gasteiger partial charge in [-0.05, 0) is 35.4 Å². The molecule has 0 aromatic heterocycles. The fourth-order valence-electron chi connectivity index (χ4n) is 2.68. The van der Waals surface area contributed by atoms with Crippen LogP contribution in [0.2, 0.25) is 5.02 Å². The number of hydrogen-bond acceptors (Lipinski definition) is 3. The molecule has 2 aromatic rings. The number of nitrogens with one attached hydrogen (secondary N) is 3. The standard InChI is InChI=1S/C17H17BrClN3O/c18-13-6-4-11(5-7-13)9-20-17(23)15-10-21-22-16(15)12-2-1-3-14(19)8-12/h1-8,15-16,21-22H,9-10H2,(H,20,23). The number of rotatable bonds is 4. The number of benzene rings is 2. The van der Waals surface area contributed by atoms with Gasteiger partial charge in [-0.25, -0.2) is 5.43 Å². The van der Waals surface area contributed by atoms with Crippen molar-refractivity contribution in [2.24, 2.45) is 5.92 Å². The predicted molar refractivity (Wildman–Crippen MR) is 94.8 cm³/mol. The molecule has 1 fully saturated rings. The average Bonchev–Trinajstić information content (AvgIpc) is 3.04. The number of hydrazine groups is 1. The van der Waals surface area contributed by atoms with Gasteiger partial charge < -0.3 is 5.32 Å². The van der Waals surface area contributed by atoms with E-state index >= 15 is 0 Å². The minimum Gasteiger partial charge on any atom is -0.352 e. The highest BCUT2D eigenvalue weighted by molar-refractivity contribution is 9.10. The van der Waals surface area contributed by atoms with Gasteiger partial charge >= 0.3 is 0 Å². The van der Waals surface area contributed by atoms with Crippen LogP contribution in [0.15, 0.2) is 53.0 Å². The highest BCUT2D eigenvalue weighted by Crippen LogP contribution is 2.27. The fraction of sp³-hybridized carbons (Fsp3) is 0.235. The largest absolute Gasteiger partial charge is 0.352 e. The molecule has 1 aliphatic rings. The average molecular weight is 395 g/mol. The molecule has 2 atom stereocenters. The number of hydrogen-bond donors (Lipinski definition) is 3. The summed E-state index contributed by atoms with van der Waals surface area (Å²) in [5, 5.41) is 3.68. The van der Waals surface area contributed by atoms with Gasteiger partial charge in [0.05, 0.1) is 12.0 Å². The van der Waals surface area contributed by atoms with Crippen molar-refractivity contribution < 1.29 is 4.79 Å². The molecule has 0 bridgehead atoms. The number of halogens is 2. The molecule has 23 heavy (non-hydrogen) atoms. The highest BCUT2D eigenvalue weighted by Gasteiger charge is 2.33. The number of amides is 1. The Morgan fingerprint density at radius 2 is 2.04 bits per heavy atom. The Balaban J connectivity index is 1.65. The fourth-order valence-corrected chi connectivity index (χ4v) is 3.14. The maximum absolute atomic E-state index is 12.5. The van der Waals surface area contributed by atoms with E-state index in [1.807, 2.05) is 48.5 Å². The lowest BCUT2D eigenvalue weighted by atomic mass is 9.94. The molecule has 1 aliphatic heterocycles. The van der Waals surface area contributed by atoms with E-state index in [-0.39, 0.29) is 17.9 Å². The summed E-state index contributed by atoms with van der Waals surface area (Å²) in [6.45, 7) is 1.11. The molecule has 2 unspecified atom stereocenters. The quantitative estimate of drug-likeness (QED) is 0.746. The van der Waals surface area contributed by atoms with Gasteiger partial charge in [0.15, 0.2) is 0 Å². The highest BCUT2D eigenvalue weighted by atomic mass is 79.9. The zero-order chi connectivity index (χ0) is 16.2. The normalized spacial score (nSPS) is 20.4. The Labute approximate surface area is 148 Å². The van der Waals surface area contributed by atoms with Crippen LogP contribution >= 0.6 is 27.5 Å². The Bertz CT molecular complexity index is 692. The first kappa shape index (κ1) is 16.5. The summed E-state index contributed by atoms with van der Waals surface area (Å²) in [7, 11) is 0. The summed E-state index contributed by atoms with van der Waals surface area (Å²) in [6.07, 6.45) is 0. The monoisotopic (exact) mass is 393 g/mol. The van der Waals surface area contributed by atoms with Crippen molar-refractivity contribution in [1.29, 1.82) is 0 Å². The van der Waals surface area contributed by atoms with E-state index in [1.54, 1.807) is 0 Å². The van der Waals surface area contributed by atoms with Gasteiger partial charge in [-0.3, -0.25) is 10.2 Å². The topological polar surface area (TPSA) is 53.2 Å². The first-order valence-electron chi connectivity index (χ1n) is 7.39. The van der Waals surface area contributed by atoms with E-state index < -0.39 is 0 Å². The molecule has 0 aliphatic carbocycles. The second-order valence-electron chi connectivity index (χ2n) is 5.51. The van der Waals surface area contributed by atoms with E-state index in [4.69, 9.17) is 11.6 Å². The van der Waals surface area contributed by atoms with Crippen molar-refractivity contribution >= 4 is 33.4 Å². The van der Waals surface area contributed by atoms with E-state index in [9.17, 15) is 4.79 Å². The molecule has 0 radical (unpaired) electrons. The number of carbonyl (C=O) groups is 1. The van der Waals surface area contributed by atoms with Gasteiger partial charge in [0.2, 0.25) is 5.91 Å². The second kappa shape index (κ2) is 7.45. The summed E-state index contributed by atoms with van der Waals surface area (Å²) < 4.78 is 1.03. The minimum absolute atomic E-state index is 0.0235. The molecule has 3 N–H and O–H groups in total. The molecule has 1 heterocycles. The molecular weight excluding hydrogens is 378 g/mol. The van der Waals surface area contributed by atoms with Crippen LogP contribution in [0.5, 0.6) is 0 Å². The summed E-state index contributed by atoms with van der Waals surface area (Å²) in [5.41, 5.74) is 8.30. The van der Waals surface area contributed by atoms with Crippen LogP contribution < -0.4 is 16.2 Å². The molecule has 120 valence electrons. The third-order valence-corrected chi connectivity index (χ3v) is 4.67. The molecule has 1 saturated heterocycles.